The predicted octanol–water partition coefficient (Wildman–Crippen LogP) is 3.11. The molecule has 5 nitrogen and oxygen atoms in total. The van der Waals surface area contributed by atoms with E-state index >= 15 is 0 Å². The molecule has 0 unspecified atom stereocenters. The molecule has 0 saturated carbocycles. The zero-order valence-electron chi connectivity index (χ0n) is 12.7. The van der Waals surface area contributed by atoms with Gasteiger partial charge in [0, 0.05) is 24.0 Å². The van der Waals surface area contributed by atoms with Crippen molar-refractivity contribution in [1.82, 2.24) is 19.9 Å². The predicted molar refractivity (Wildman–Crippen MR) is 80.8 cm³/mol. The van der Waals surface area contributed by atoms with E-state index < -0.39 is 0 Å². The van der Waals surface area contributed by atoms with Gasteiger partial charge >= 0.3 is 0 Å². The molecule has 0 spiro atoms. The number of aryl methyl sites for hydroxylation is 2. The SMILES string of the molecule is CCNc1nc(-c2ccnc(C)n2)nc(C)c1C(C)C. The molecule has 2 aromatic rings. The van der Waals surface area contributed by atoms with Crippen LogP contribution in [0.5, 0.6) is 0 Å². The molecular formula is C15H21N5. The van der Waals surface area contributed by atoms with Crippen LogP contribution in [-0.4, -0.2) is 26.5 Å². The maximum atomic E-state index is 4.64. The van der Waals surface area contributed by atoms with Gasteiger partial charge in [0.2, 0.25) is 0 Å². The van der Waals surface area contributed by atoms with E-state index in [0.29, 0.717) is 11.7 Å². The van der Waals surface area contributed by atoms with Crippen LogP contribution in [0.4, 0.5) is 5.82 Å². The largest absolute Gasteiger partial charge is 0.370 e. The first-order chi connectivity index (χ1) is 9.52. The van der Waals surface area contributed by atoms with Crippen LogP contribution in [0, 0.1) is 13.8 Å². The molecule has 2 heterocycles. The molecule has 0 fully saturated rings. The van der Waals surface area contributed by atoms with Crippen molar-refractivity contribution in [3.63, 3.8) is 0 Å². The van der Waals surface area contributed by atoms with Gasteiger partial charge in [-0.1, -0.05) is 13.8 Å². The number of nitrogens with zero attached hydrogens (tertiary/aromatic N) is 4. The average molecular weight is 271 g/mol. The molecule has 2 rings (SSSR count). The molecule has 106 valence electrons. The maximum absolute atomic E-state index is 4.64. The molecule has 0 bridgehead atoms. The fourth-order valence-corrected chi connectivity index (χ4v) is 2.27. The third-order valence-electron chi connectivity index (χ3n) is 3.06. The maximum Gasteiger partial charge on any atom is 0.180 e. The summed E-state index contributed by atoms with van der Waals surface area (Å²) in [7, 11) is 0. The van der Waals surface area contributed by atoms with E-state index in [1.54, 1.807) is 6.20 Å². The summed E-state index contributed by atoms with van der Waals surface area (Å²) in [6.45, 7) is 11.1. The fourth-order valence-electron chi connectivity index (χ4n) is 2.27. The van der Waals surface area contributed by atoms with Gasteiger partial charge in [0.15, 0.2) is 5.82 Å². The van der Waals surface area contributed by atoms with E-state index in [2.05, 4.69) is 46.0 Å². The van der Waals surface area contributed by atoms with Gasteiger partial charge in [-0.3, -0.25) is 0 Å². The van der Waals surface area contributed by atoms with Crippen molar-refractivity contribution in [3.8, 4) is 11.5 Å². The number of aromatic nitrogens is 4. The third kappa shape index (κ3) is 2.92. The van der Waals surface area contributed by atoms with Crippen LogP contribution in [0.25, 0.3) is 11.5 Å². The quantitative estimate of drug-likeness (QED) is 0.925. The van der Waals surface area contributed by atoms with E-state index in [9.17, 15) is 0 Å². The molecule has 0 saturated heterocycles. The van der Waals surface area contributed by atoms with Crippen molar-refractivity contribution >= 4 is 5.82 Å². The highest BCUT2D eigenvalue weighted by Crippen LogP contribution is 2.27. The van der Waals surface area contributed by atoms with Crippen LogP contribution in [0.2, 0.25) is 0 Å². The van der Waals surface area contributed by atoms with Gasteiger partial charge in [0.25, 0.3) is 0 Å². The van der Waals surface area contributed by atoms with Crippen LogP contribution >= 0.6 is 0 Å². The van der Waals surface area contributed by atoms with Crippen LogP contribution in [0.15, 0.2) is 12.3 Å². The fraction of sp³-hybridized carbons (Fsp3) is 0.467. The smallest absolute Gasteiger partial charge is 0.180 e. The van der Waals surface area contributed by atoms with Crippen LogP contribution < -0.4 is 5.32 Å². The molecule has 0 aliphatic rings. The Hall–Kier alpha value is -2.04. The average Bonchev–Trinajstić information content (AvgIpc) is 2.38. The first-order valence-corrected chi connectivity index (χ1v) is 6.95. The Kier molecular flexibility index (Phi) is 4.27. The number of anilines is 1. The Morgan fingerprint density at radius 1 is 1.15 bits per heavy atom. The Bertz CT molecular complexity index is 607. The van der Waals surface area contributed by atoms with E-state index in [1.165, 1.54) is 5.56 Å². The molecule has 0 radical (unpaired) electrons. The monoisotopic (exact) mass is 271 g/mol. The van der Waals surface area contributed by atoms with Crippen molar-refractivity contribution in [3.05, 3.63) is 29.3 Å². The second-order valence-corrected chi connectivity index (χ2v) is 5.07. The molecule has 0 aliphatic carbocycles. The first kappa shape index (κ1) is 14.4. The molecule has 0 amide bonds. The van der Waals surface area contributed by atoms with Crippen LogP contribution in [0.3, 0.4) is 0 Å². The molecule has 0 atom stereocenters. The summed E-state index contributed by atoms with van der Waals surface area (Å²) < 4.78 is 0. The Labute approximate surface area is 119 Å². The Morgan fingerprint density at radius 3 is 2.50 bits per heavy atom. The second kappa shape index (κ2) is 5.94. The van der Waals surface area contributed by atoms with Crippen molar-refractivity contribution in [2.75, 3.05) is 11.9 Å². The highest BCUT2D eigenvalue weighted by Gasteiger charge is 2.15. The lowest BCUT2D eigenvalue weighted by atomic mass is 10.0. The van der Waals surface area contributed by atoms with Crippen LogP contribution in [0.1, 0.15) is 43.8 Å². The molecule has 1 N–H and O–H groups in total. The van der Waals surface area contributed by atoms with Gasteiger partial charge in [-0.15, -0.1) is 0 Å². The van der Waals surface area contributed by atoms with Gasteiger partial charge in [-0.25, -0.2) is 19.9 Å². The van der Waals surface area contributed by atoms with Crippen LogP contribution in [-0.2, 0) is 0 Å². The molecule has 0 aliphatic heterocycles. The minimum absolute atomic E-state index is 0.380. The normalized spacial score (nSPS) is 10.9. The minimum atomic E-state index is 0.380. The molecule has 5 heteroatoms. The van der Waals surface area contributed by atoms with E-state index in [1.807, 2.05) is 19.9 Å². The first-order valence-electron chi connectivity index (χ1n) is 6.95. The minimum Gasteiger partial charge on any atom is -0.370 e. The Morgan fingerprint density at radius 2 is 1.90 bits per heavy atom. The summed E-state index contributed by atoms with van der Waals surface area (Å²) in [5.41, 5.74) is 2.92. The van der Waals surface area contributed by atoms with Gasteiger partial charge in [-0.05, 0) is 32.8 Å². The lowest BCUT2D eigenvalue weighted by Gasteiger charge is -2.16. The second-order valence-electron chi connectivity index (χ2n) is 5.07. The van der Waals surface area contributed by atoms with E-state index in [-0.39, 0.29) is 0 Å². The summed E-state index contributed by atoms with van der Waals surface area (Å²) in [4.78, 5) is 17.8. The molecule has 20 heavy (non-hydrogen) atoms. The van der Waals surface area contributed by atoms with Crippen molar-refractivity contribution < 1.29 is 0 Å². The van der Waals surface area contributed by atoms with E-state index in [0.717, 1.165) is 29.6 Å². The summed E-state index contributed by atoms with van der Waals surface area (Å²) >= 11 is 0. The summed E-state index contributed by atoms with van der Waals surface area (Å²) in [5, 5.41) is 3.33. The third-order valence-corrected chi connectivity index (χ3v) is 3.06. The number of nitrogens with one attached hydrogen (secondary N) is 1. The summed E-state index contributed by atoms with van der Waals surface area (Å²) in [5.74, 6) is 2.65. The highest BCUT2D eigenvalue weighted by molar-refractivity contribution is 5.57. The highest BCUT2D eigenvalue weighted by atomic mass is 15.0. The van der Waals surface area contributed by atoms with Gasteiger partial charge in [-0.2, -0.15) is 0 Å². The van der Waals surface area contributed by atoms with Gasteiger partial charge in [0.1, 0.15) is 17.3 Å². The lowest BCUT2D eigenvalue weighted by molar-refractivity contribution is 0.830. The zero-order chi connectivity index (χ0) is 14.7. The number of hydrogen-bond donors (Lipinski definition) is 1. The molecular weight excluding hydrogens is 250 g/mol. The standard InChI is InChI=1S/C15H21N5/c1-6-16-15-13(9(2)3)10(4)18-14(20-15)12-7-8-17-11(5)19-12/h7-9H,6H2,1-5H3,(H,16,18,20). The molecule has 0 aromatic carbocycles. The van der Waals surface area contributed by atoms with Crippen molar-refractivity contribution in [2.45, 2.75) is 40.5 Å². The van der Waals surface area contributed by atoms with Gasteiger partial charge < -0.3 is 5.32 Å². The lowest BCUT2D eigenvalue weighted by Crippen LogP contribution is -2.10. The Balaban J connectivity index is 2.56. The number of rotatable bonds is 4. The zero-order valence-corrected chi connectivity index (χ0v) is 12.7. The van der Waals surface area contributed by atoms with Crippen molar-refractivity contribution in [1.29, 1.82) is 0 Å². The number of hydrogen-bond acceptors (Lipinski definition) is 5. The van der Waals surface area contributed by atoms with Crippen molar-refractivity contribution in [2.24, 2.45) is 0 Å². The summed E-state index contributed by atoms with van der Waals surface area (Å²) in [6.07, 6.45) is 1.74. The topological polar surface area (TPSA) is 63.6 Å². The molecule has 2 aromatic heterocycles. The van der Waals surface area contributed by atoms with Gasteiger partial charge in [0.05, 0.1) is 0 Å². The summed E-state index contributed by atoms with van der Waals surface area (Å²) in [6, 6.07) is 1.84. The van der Waals surface area contributed by atoms with E-state index in [4.69, 9.17) is 0 Å².